The fourth-order valence-corrected chi connectivity index (χ4v) is 2.88. The van der Waals surface area contributed by atoms with Gasteiger partial charge in [-0.3, -0.25) is 9.36 Å². The van der Waals surface area contributed by atoms with E-state index in [0.29, 0.717) is 22.1 Å². The van der Waals surface area contributed by atoms with Crippen LogP contribution in [0.15, 0.2) is 10.7 Å². The number of hydrogen-bond acceptors (Lipinski definition) is 3. The van der Waals surface area contributed by atoms with Crippen LogP contribution < -0.4 is 0 Å². The molecule has 0 radical (unpaired) electrons. The highest BCUT2D eigenvalue weighted by Gasteiger charge is 2.26. The topological polar surface area (TPSA) is 55.9 Å². The SMILES string of the molecule is Cc1nn(C)c(Cl)c1C(O)c1c(Br)cnn1C(C)C. The molecule has 0 saturated carbocycles. The Hall–Kier alpha value is -0.850. The van der Waals surface area contributed by atoms with Gasteiger partial charge in [-0.2, -0.15) is 10.2 Å². The zero-order chi connectivity index (χ0) is 14.3. The van der Waals surface area contributed by atoms with Crippen LogP contribution in [-0.4, -0.2) is 24.7 Å². The molecule has 0 saturated heterocycles. The van der Waals surface area contributed by atoms with Crippen molar-refractivity contribution in [1.29, 1.82) is 0 Å². The molecule has 2 heterocycles. The molecular formula is C12H16BrClN4O. The molecule has 5 nitrogen and oxygen atoms in total. The van der Waals surface area contributed by atoms with Crippen molar-refractivity contribution < 1.29 is 5.11 Å². The first-order chi connectivity index (χ1) is 8.84. The van der Waals surface area contributed by atoms with Crippen LogP contribution in [-0.2, 0) is 7.05 Å². The molecule has 2 aromatic rings. The zero-order valence-electron chi connectivity index (χ0n) is 11.2. The van der Waals surface area contributed by atoms with Gasteiger partial charge in [0.05, 0.1) is 22.1 Å². The Labute approximate surface area is 125 Å². The van der Waals surface area contributed by atoms with E-state index in [1.807, 2.05) is 20.8 Å². The van der Waals surface area contributed by atoms with Crippen LogP contribution in [0.4, 0.5) is 0 Å². The van der Waals surface area contributed by atoms with E-state index in [1.54, 1.807) is 22.6 Å². The van der Waals surface area contributed by atoms with Gasteiger partial charge in [0.25, 0.3) is 0 Å². The van der Waals surface area contributed by atoms with Crippen molar-refractivity contribution in [2.45, 2.75) is 32.9 Å². The minimum Gasteiger partial charge on any atom is -0.382 e. The largest absolute Gasteiger partial charge is 0.382 e. The molecule has 2 rings (SSSR count). The monoisotopic (exact) mass is 346 g/mol. The highest BCUT2D eigenvalue weighted by Crippen LogP contribution is 2.35. The summed E-state index contributed by atoms with van der Waals surface area (Å²) < 4.78 is 4.09. The molecule has 104 valence electrons. The van der Waals surface area contributed by atoms with E-state index in [0.717, 1.165) is 4.47 Å². The molecule has 0 bridgehead atoms. The van der Waals surface area contributed by atoms with Crippen LogP contribution >= 0.6 is 27.5 Å². The summed E-state index contributed by atoms with van der Waals surface area (Å²) in [7, 11) is 1.75. The van der Waals surface area contributed by atoms with Crippen LogP contribution in [0.3, 0.4) is 0 Å². The van der Waals surface area contributed by atoms with Crippen molar-refractivity contribution >= 4 is 27.5 Å². The third kappa shape index (κ3) is 2.44. The summed E-state index contributed by atoms with van der Waals surface area (Å²) in [5.74, 6) is 0. The van der Waals surface area contributed by atoms with E-state index < -0.39 is 6.10 Å². The van der Waals surface area contributed by atoms with Gasteiger partial charge in [-0.1, -0.05) is 11.6 Å². The third-order valence-corrected chi connectivity index (χ3v) is 4.06. The number of aromatic nitrogens is 4. The summed E-state index contributed by atoms with van der Waals surface area (Å²) in [5, 5.41) is 19.6. The number of nitrogens with zero attached hydrogens (tertiary/aromatic N) is 4. The molecule has 0 aliphatic heterocycles. The number of aryl methyl sites for hydroxylation is 2. The van der Waals surface area contributed by atoms with Gasteiger partial charge in [-0.05, 0) is 36.7 Å². The molecular weight excluding hydrogens is 332 g/mol. The predicted molar refractivity (Wildman–Crippen MR) is 77.3 cm³/mol. The Balaban J connectivity index is 2.56. The highest BCUT2D eigenvalue weighted by molar-refractivity contribution is 9.10. The average Bonchev–Trinajstić information content (AvgIpc) is 2.81. The van der Waals surface area contributed by atoms with Crippen LogP contribution in [0.2, 0.25) is 5.15 Å². The fraction of sp³-hybridized carbons (Fsp3) is 0.500. The van der Waals surface area contributed by atoms with Crippen molar-refractivity contribution in [1.82, 2.24) is 19.6 Å². The van der Waals surface area contributed by atoms with E-state index in [1.165, 1.54) is 0 Å². The lowest BCUT2D eigenvalue weighted by Gasteiger charge is -2.16. The molecule has 0 aromatic carbocycles. The lowest BCUT2D eigenvalue weighted by atomic mass is 10.1. The van der Waals surface area contributed by atoms with Crippen molar-refractivity contribution in [2.24, 2.45) is 7.05 Å². The van der Waals surface area contributed by atoms with Gasteiger partial charge in [0, 0.05) is 18.7 Å². The summed E-state index contributed by atoms with van der Waals surface area (Å²) in [5.41, 5.74) is 2.02. The number of hydrogen-bond donors (Lipinski definition) is 1. The van der Waals surface area contributed by atoms with Crippen LogP contribution in [0.1, 0.15) is 42.9 Å². The molecule has 0 amide bonds. The summed E-state index contributed by atoms with van der Waals surface area (Å²) in [4.78, 5) is 0. The van der Waals surface area contributed by atoms with E-state index in [9.17, 15) is 5.11 Å². The van der Waals surface area contributed by atoms with Gasteiger partial charge in [0.15, 0.2) is 0 Å². The first-order valence-corrected chi connectivity index (χ1v) is 7.11. The van der Waals surface area contributed by atoms with Crippen molar-refractivity contribution in [3.8, 4) is 0 Å². The summed E-state index contributed by atoms with van der Waals surface area (Å²) in [6.07, 6.45) is 0.818. The Kier molecular flexibility index (Phi) is 4.03. The number of halogens is 2. The molecule has 0 aliphatic carbocycles. The Morgan fingerprint density at radius 1 is 1.42 bits per heavy atom. The van der Waals surface area contributed by atoms with E-state index in [-0.39, 0.29) is 6.04 Å². The Bertz CT molecular complexity index is 605. The number of aliphatic hydroxyl groups is 1. The van der Waals surface area contributed by atoms with Gasteiger partial charge in [0.2, 0.25) is 0 Å². The lowest BCUT2D eigenvalue weighted by molar-refractivity contribution is 0.203. The van der Waals surface area contributed by atoms with Gasteiger partial charge in [0.1, 0.15) is 11.3 Å². The van der Waals surface area contributed by atoms with Gasteiger partial charge < -0.3 is 5.11 Å². The molecule has 19 heavy (non-hydrogen) atoms. The maximum Gasteiger partial charge on any atom is 0.133 e. The molecule has 7 heteroatoms. The molecule has 1 atom stereocenters. The first-order valence-electron chi connectivity index (χ1n) is 5.94. The van der Waals surface area contributed by atoms with E-state index in [2.05, 4.69) is 26.1 Å². The second-order valence-corrected chi connectivity index (χ2v) is 5.94. The quantitative estimate of drug-likeness (QED) is 0.928. The molecule has 0 fully saturated rings. The van der Waals surface area contributed by atoms with Crippen molar-refractivity contribution in [2.75, 3.05) is 0 Å². The second kappa shape index (κ2) is 5.26. The van der Waals surface area contributed by atoms with Gasteiger partial charge in [-0.15, -0.1) is 0 Å². The maximum atomic E-state index is 10.6. The zero-order valence-corrected chi connectivity index (χ0v) is 13.6. The number of aliphatic hydroxyl groups excluding tert-OH is 1. The molecule has 1 N–H and O–H groups in total. The predicted octanol–water partition coefficient (Wildman–Crippen LogP) is 3.00. The van der Waals surface area contributed by atoms with Crippen LogP contribution in [0, 0.1) is 6.92 Å². The molecule has 0 spiro atoms. The fourth-order valence-electron chi connectivity index (χ4n) is 2.11. The molecule has 1 unspecified atom stereocenters. The van der Waals surface area contributed by atoms with E-state index >= 15 is 0 Å². The summed E-state index contributed by atoms with van der Waals surface area (Å²) in [6, 6.07) is 0.145. The molecule has 0 aliphatic rings. The van der Waals surface area contributed by atoms with Crippen LogP contribution in [0.25, 0.3) is 0 Å². The normalized spacial score (nSPS) is 13.3. The Morgan fingerprint density at radius 2 is 2.05 bits per heavy atom. The minimum absolute atomic E-state index is 0.145. The van der Waals surface area contributed by atoms with Gasteiger partial charge in [-0.25, -0.2) is 0 Å². The van der Waals surface area contributed by atoms with E-state index in [4.69, 9.17) is 11.6 Å². The minimum atomic E-state index is -0.861. The molecule has 2 aromatic heterocycles. The number of rotatable bonds is 3. The summed E-state index contributed by atoms with van der Waals surface area (Å²) >= 11 is 9.63. The van der Waals surface area contributed by atoms with Crippen LogP contribution in [0.5, 0.6) is 0 Å². The van der Waals surface area contributed by atoms with Gasteiger partial charge >= 0.3 is 0 Å². The summed E-state index contributed by atoms with van der Waals surface area (Å²) in [6.45, 7) is 5.84. The highest BCUT2D eigenvalue weighted by atomic mass is 79.9. The van der Waals surface area contributed by atoms with Crippen molar-refractivity contribution in [3.63, 3.8) is 0 Å². The standard InChI is InChI=1S/C12H16BrClN4O/c1-6(2)18-10(8(13)5-15-18)11(19)9-7(3)16-17(4)12(9)14/h5-6,11,19H,1-4H3. The third-order valence-electron chi connectivity index (χ3n) is 3.00. The first kappa shape index (κ1) is 14.6. The lowest BCUT2D eigenvalue weighted by Crippen LogP contribution is -2.13. The average molecular weight is 348 g/mol. The van der Waals surface area contributed by atoms with Crippen molar-refractivity contribution in [3.05, 3.63) is 32.8 Å². The second-order valence-electron chi connectivity index (χ2n) is 4.73. The maximum absolute atomic E-state index is 10.6. The Morgan fingerprint density at radius 3 is 2.53 bits per heavy atom. The smallest absolute Gasteiger partial charge is 0.133 e.